The van der Waals surface area contributed by atoms with Crippen LogP contribution in [0.2, 0.25) is 0 Å². The number of rotatable bonds is 2. The molecule has 2 heterocycles. The Kier molecular flexibility index (Phi) is 2.87. The van der Waals surface area contributed by atoms with Crippen LogP contribution in [0.4, 0.5) is 5.82 Å². The number of fused-ring (bicyclic) bond motifs is 1. The van der Waals surface area contributed by atoms with Crippen molar-refractivity contribution in [3.8, 4) is 0 Å². The Balaban J connectivity index is 2.58. The molecule has 0 radical (unpaired) electrons. The molecule has 0 fully saturated rings. The van der Waals surface area contributed by atoms with Gasteiger partial charge >= 0.3 is 0 Å². The zero-order chi connectivity index (χ0) is 11.0. The smallest absolute Gasteiger partial charge is 0.133 e. The number of nitrogens with one attached hydrogen (secondary N) is 1. The maximum absolute atomic E-state index is 4.69. The monoisotopic (exact) mass is 269 g/mol. The first-order valence-corrected chi connectivity index (χ1v) is 6.11. The number of aryl methyl sites for hydroxylation is 1. The molecule has 1 aliphatic heterocycles. The SMILES string of the molecule is CCc1nc2n(c1NC)C=C(Br)CC2C. The van der Waals surface area contributed by atoms with Crippen molar-refractivity contribution < 1.29 is 0 Å². The molecule has 15 heavy (non-hydrogen) atoms. The molecule has 0 amide bonds. The molecule has 2 rings (SSSR count). The highest BCUT2D eigenvalue weighted by Gasteiger charge is 2.22. The molecular formula is C11H16BrN3. The quantitative estimate of drug-likeness (QED) is 0.894. The third kappa shape index (κ3) is 1.71. The van der Waals surface area contributed by atoms with Crippen LogP contribution in [0.3, 0.4) is 0 Å². The molecule has 4 heteroatoms. The summed E-state index contributed by atoms with van der Waals surface area (Å²) in [6.45, 7) is 4.35. The van der Waals surface area contributed by atoms with Crippen molar-refractivity contribution in [3.63, 3.8) is 0 Å². The number of nitrogens with zero attached hydrogens (tertiary/aromatic N) is 2. The van der Waals surface area contributed by atoms with Crippen molar-refractivity contribution in [1.82, 2.24) is 9.55 Å². The minimum Gasteiger partial charge on any atom is -0.373 e. The Bertz CT molecular complexity index is 406. The molecular weight excluding hydrogens is 254 g/mol. The fraction of sp³-hybridized carbons (Fsp3) is 0.545. The van der Waals surface area contributed by atoms with E-state index >= 15 is 0 Å². The van der Waals surface area contributed by atoms with Crippen molar-refractivity contribution >= 4 is 27.9 Å². The van der Waals surface area contributed by atoms with E-state index in [9.17, 15) is 0 Å². The topological polar surface area (TPSA) is 29.9 Å². The Labute approximate surface area is 98.7 Å². The zero-order valence-electron chi connectivity index (χ0n) is 9.34. The molecule has 0 bridgehead atoms. The molecule has 1 aliphatic rings. The predicted octanol–water partition coefficient (Wildman–Crippen LogP) is 3.19. The summed E-state index contributed by atoms with van der Waals surface area (Å²) in [6.07, 6.45) is 4.13. The minimum absolute atomic E-state index is 0.483. The average Bonchev–Trinajstić information content (AvgIpc) is 2.55. The van der Waals surface area contributed by atoms with Crippen LogP contribution in [0, 0.1) is 0 Å². The van der Waals surface area contributed by atoms with Crippen LogP contribution >= 0.6 is 15.9 Å². The Morgan fingerprint density at radius 2 is 2.40 bits per heavy atom. The standard InChI is InChI=1S/C11H16BrN3/c1-4-9-11(13-3)15-6-8(12)5-7(2)10(15)14-9/h6-7,13H,4-5H2,1-3H3. The average molecular weight is 270 g/mol. The van der Waals surface area contributed by atoms with Gasteiger partial charge in [0.1, 0.15) is 11.6 Å². The van der Waals surface area contributed by atoms with E-state index in [1.54, 1.807) is 0 Å². The van der Waals surface area contributed by atoms with E-state index in [4.69, 9.17) is 4.98 Å². The fourth-order valence-electron chi connectivity index (χ4n) is 2.06. The molecule has 3 nitrogen and oxygen atoms in total. The Morgan fingerprint density at radius 3 is 3.00 bits per heavy atom. The summed E-state index contributed by atoms with van der Waals surface area (Å²) in [4.78, 5) is 4.69. The lowest BCUT2D eigenvalue weighted by Crippen LogP contribution is -2.09. The van der Waals surface area contributed by atoms with E-state index in [1.807, 2.05) is 7.05 Å². The van der Waals surface area contributed by atoms with Gasteiger partial charge in [-0.1, -0.05) is 29.8 Å². The van der Waals surface area contributed by atoms with Gasteiger partial charge in [0.2, 0.25) is 0 Å². The zero-order valence-corrected chi connectivity index (χ0v) is 10.9. The van der Waals surface area contributed by atoms with Gasteiger partial charge < -0.3 is 5.32 Å². The predicted molar refractivity (Wildman–Crippen MR) is 67.4 cm³/mol. The molecule has 0 aromatic carbocycles. The Morgan fingerprint density at radius 1 is 1.67 bits per heavy atom. The summed E-state index contributed by atoms with van der Waals surface area (Å²) in [5, 5.41) is 3.23. The van der Waals surface area contributed by atoms with E-state index < -0.39 is 0 Å². The lowest BCUT2D eigenvalue weighted by atomic mass is 10.1. The van der Waals surface area contributed by atoms with E-state index in [-0.39, 0.29) is 0 Å². The van der Waals surface area contributed by atoms with Crippen molar-refractivity contribution in [2.45, 2.75) is 32.6 Å². The summed E-state index contributed by atoms with van der Waals surface area (Å²) in [7, 11) is 1.95. The lowest BCUT2D eigenvalue weighted by Gasteiger charge is -2.18. The number of hydrogen-bond acceptors (Lipinski definition) is 2. The third-order valence-electron chi connectivity index (χ3n) is 2.79. The van der Waals surface area contributed by atoms with Crippen LogP contribution < -0.4 is 5.32 Å². The van der Waals surface area contributed by atoms with Crippen LogP contribution in [-0.2, 0) is 6.42 Å². The number of allylic oxidation sites excluding steroid dienone is 1. The summed E-state index contributed by atoms with van der Waals surface area (Å²) >= 11 is 3.58. The first-order chi connectivity index (χ1) is 7.17. The Hall–Kier alpha value is -0.770. The number of imidazole rings is 1. The fourth-order valence-corrected chi connectivity index (χ4v) is 2.76. The van der Waals surface area contributed by atoms with Gasteiger partial charge in [0.15, 0.2) is 0 Å². The van der Waals surface area contributed by atoms with E-state index in [0.717, 1.165) is 24.4 Å². The molecule has 0 spiro atoms. The normalized spacial score (nSPS) is 19.7. The number of halogens is 1. The van der Waals surface area contributed by atoms with Crippen LogP contribution in [-0.4, -0.2) is 16.6 Å². The molecule has 1 aromatic rings. The first-order valence-electron chi connectivity index (χ1n) is 5.32. The van der Waals surface area contributed by atoms with E-state index in [1.165, 1.54) is 10.3 Å². The van der Waals surface area contributed by atoms with Crippen LogP contribution in [0.5, 0.6) is 0 Å². The molecule has 1 N–H and O–H groups in total. The molecule has 82 valence electrons. The number of anilines is 1. The largest absolute Gasteiger partial charge is 0.373 e. The van der Waals surface area contributed by atoms with Crippen molar-refractivity contribution in [2.75, 3.05) is 12.4 Å². The highest BCUT2D eigenvalue weighted by Crippen LogP contribution is 2.35. The van der Waals surface area contributed by atoms with E-state index in [0.29, 0.717) is 5.92 Å². The molecule has 0 aliphatic carbocycles. The van der Waals surface area contributed by atoms with Crippen molar-refractivity contribution in [1.29, 1.82) is 0 Å². The summed E-state index contributed by atoms with van der Waals surface area (Å²) in [5.74, 6) is 2.77. The third-order valence-corrected chi connectivity index (χ3v) is 3.32. The second-order valence-corrected chi connectivity index (χ2v) is 4.94. The summed E-state index contributed by atoms with van der Waals surface area (Å²) in [6, 6.07) is 0. The second kappa shape index (κ2) is 4.00. The van der Waals surface area contributed by atoms with E-state index in [2.05, 4.69) is 45.9 Å². The molecule has 0 saturated carbocycles. The molecule has 1 unspecified atom stereocenters. The maximum Gasteiger partial charge on any atom is 0.133 e. The van der Waals surface area contributed by atoms with Gasteiger partial charge in [-0.25, -0.2) is 4.98 Å². The number of hydrogen-bond donors (Lipinski definition) is 1. The van der Waals surface area contributed by atoms with Gasteiger partial charge in [-0.2, -0.15) is 0 Å². The number of aromatic nitrogens is 2. The first kappa shape index (κ1) is 10.7. The summed E-state index contributed by atoms with van der Waals surface area (Å²) < 4.78 is 3.40. The van der Waals surface area contributed by atoms with Crippen LogP contribution in [0.15, 0.2) is 4.48 Å². The molecule has 1 aromatic heterocycles. The summed E-state index contributed by atoms with van der Waals surface area (Å²) in [5.41, 5.74) is 1.15. The maximum atomic E-state index is 4.69. The van der Waals surface area contributed by atoms with Gasteiger partial charge in [-0.15, -0.1) is 0 Å². The highest BCUT2D eigenvalue weighted by atomic mass is 79.9. The van der Waals surface area contributed by atoms with Crippen molar-refractivity contribution in [3.05, 3.63) is 16.0 Å². The van der Waals surface area contributed by atoms with Crippen LogP contribution in [0.25, 0.3) is 6.20 Å². The van der Waals surface area contributed by atoms with Crippen molar-refractivity contribution in [2.24, 2.45) is 0 Å². The highest BCUT2D eigenvalue weighted by molar-refractivity contribution is 9.11. The van der Waals surface area contributed by atoms with Gasteiger partial charge in [0, 0.05) is 23.6 Å². The molecule has 1 atom stereocenters. The van der Waals surface area contributed by atoms with Gasteiger partial charge in [-0.3, -0.25) is 4.57 Å². The minimum atomic E-state index is 0.483. The van der Waals surface area contributed by atoms with Crippen LogP contribution in [0.1, 0.15) is 37.7 Å². The van der Waals surface area contributed by atoms with Gasteiger partial charge in [-0.05, 0) is 12.8 Å². The van der Waals surface area contributed by atoms with Gasteiger partial charge in [0.25, 0.3) is 0 Å². The molecule has 0 saturated heterocycles. The lowest BCUT2D eigenvalue weighted by molar-refractivity contribution is 0.683. The van der Waals surface area contributed by atoms with Gasteiger partial charge in [0.05, 0.1) is 5.69 Å². The second-order valence-electron chi connectivity index (χ2n) is 3.92.